The summed E-state index contributed by atoms with van der Waals surface area (Å²) in [7, 11) is 0. The third-order valence-electron chi connectivity index (χ3n) is 2.80. The molecule has 0 bridgehead atoms. The number of pyridine rings is 1. The van der Waals surface area contributed by atoms with Crippen LogP contribution < -0.4 is 10.6 Å². The summed E-state index contributed by atoms with van der Waals surface area (Å²) in [6.07, 6.45) is 1.08. The van der Waals surface area contributed by atoms with Gasteiger partial charge in [0, 0.05) is 11.6 Å². The molecule has 0 radical (unpaired) electrons. The van der Waals surface area contributed by atoms with Crippen molar-refractivity contribution in [2.24, 2.45) is 0 Å². The van der Waals surface area contributed by atoms with Crippen molar-refractivity contribution < 1.29 is 9.53 Å². The van der Waals surface area contributed by atoms with Gasteiger partial charge in [-0.1, -0.05) is 23.7 Å². The highest BCUT2D eigenvalue weighted by Crippen LogP contribution is 2.14. The zero-order valence-electron chi connectivity index (χ0n) is 13.4. The molecule has 0 aliphatic carbocycles. The van der Waals surface area contributed by atoms with E-state index >= 15 is 0 Å². The lowest BCUT2D eigenvalue weighted by molar-refractivity contribution is 0.0636. The Kier molecular flexibility index (Phi) is 5.45. The van der Waals surface area contributed by atoms with Gasteiger partial charge in [-0.15, -0.1) is 0 Å². The highest BCUT2D eigenvalue weighted by molar-refractivity contribution is 6.30. The molecule has 1 aromatic carbocycles. The Morgan fingerprint density at radius 2 is 1.87 bits per heavy atom. The van der Waals surface area contributed by atoms with Crippen LogP contribution in [0.5, 0.6) is 0 Å². The van der Waals surface area contributed by atoms with Crippen LogP contribution in [0.3, 0.4) is 0 Å². The number of hydrogen-bond acceptors (Lipinski definition) is 4. The first-order valence-electron chi connectivity index (χ1n) is 7.26. The monoisotopic (exact) mass is 333 g/mol. The average molecular weight is 334 g/mol. The fourth-order valence-electron chi connectivity index (χ4n) is 1.79. The predicted molar refractivity (Wildman–Crippen MR) is 92.9 cm³/mol. The van der Waals surface area contributed by atoms with Crippen LogP contribution in [-0.4, -0.2) is 16.7 Å². The van der Waals surface area contributed by atoms with Gasteiger partial charge >= 0.3 is 6.09 Å². The molecule has 0 atom stereocenters. The van der Waals surface area contributed by atoms with E-state index in [1.165, 1.54) is 0 Å². The van der Waals surface area contributed by atoms with Crippen molar-refractivity contribution >= 4 is 29.2 Å². The minimum Gasteiger partial charge on any atom is -0.444 e. The Labute approximate surface area is 141 Å². The van der Waals surface area contributed by atoms with Crippen molar-refractivity contribution in [3.8, 4) is 0 Å². The lowest BCUT2D eigenvalue weighted by Gasteiger charge is -2.19. The van der Waals surface area contributed by atoms with Crippen molar-refractivity contribution in [1.29, 1.82) is 0 Å². The lowest BCUT2D eigenvalue weighted by Crippen LogP contribution is -2.27. The van der Waals surface area contributed by atoms with E-state index in [1.807, 2.05) is 45.0 Å². The third kappa shape index (κ3) is 6.16. The topological polar surface area (TPSA) is 63.2 Å². The zero-order chi connectivity index (χ0) is 16.9. The van der Waals surface area contributed by atoms with E-state index in [2.05, 4.69) is 15.6 Å². The predicted octanol–water partition coefficient (Wildman–Crippen LogP) is 4.69. The number of carbonyl (C=O) groups is 1. The number of hydrogen-bond donors (Lipinski definition) is 2. The summed E-state index contributed by atoms with van der Waals surface area (Å²) in [5.41, 5.74) is 1.15. The van der Waals surface area contributed by atoms with Crippen LogP contribution in [0, 0.1) is 0 Å². The standard InChI is InChI=1S/C17H20ClN3O2/c1-17(2,3)23-16(22)21-14-8-9-15(20-11-14)19-10-12-4-6-13(18)7-5-12/h4-9,11H,10H2,1-3H3,(H,19,20)(H,21,22). The number of anilines is 2. The van der Waals surface area contributed by atoms with Gasteiger partial charge in [0.15, 0.2) is 0 Å². The first-order valence-corrected chi connectivity index (χ1v) is 7.64. The summed E-state index contributed by atoms with van der Waals surface area (Å²) in [6, 6.07) is 11.2. The highest BCUT2D eigenvalue weighted by Gasteiger charge is 2.16. The van der Waals surface area contributed by atoms with Gasteiger partial charge in [0.25, 0.3) is 0 Å². The molecule has 0 unspecified atom stereocenters. The number of nitrogens with one attached hydrogen (secondary N) is 2. The van der Waals surface area contributed by atoms with E-state index < -0.39 is 11.7 Å². The zero-order valence-corrected chi connectivity index (χ0v) is 14.1. The number of nitrogens with zero attached hydrogens (tertiary/aromatic N) is 1. The van der Waals surface area contributed by atoms with E-state index in [4.69, 9.17) is 16.3 Å². The van der Waals surface area contributed by atoms with Gasteiger partial charge in [-0.3, -0.25) is 5.32 Å². The summed E-state index contributed by atoms with van der Waals surface area (Å²) >= 11 is 5.85. The van der Waals surface area contributed by atoms with E-state index in [9.17, 15) is 4.79 Å². The Morgan fingerprint density at radius 1 is 1.17 bits per heavy atom. The molecule has 23 heavy (non-hydrogen) atoms. The SMILES string of the molecule is CC(C)(C)OC(=O)Nc1ccc(NCc2ccc(Cl)cc2)nc1. The number of aromatic nitrogens is 1. The van der Waals surface area contributed by atoms with E-state index in [0.29, 0.717) is 17.3 Å². The maximum absolute atomic E-state index is 11.7. The van der Waals surface area contributed by atoms with Crippen LogP contribution in [0.4, 0.5) is 16.3 Å². The molecule has 1 amide bonds. The molecular weight excluding hydrogens is 314 g/mol. The second-order valence-electron chi connectivity index (χ2n) is 6.04. The molecule has 6 heteroatoms. The maximum Gasteiger partial charge on any atom is 0.412 e. The second-order valence-corrected chi connectivity index (χ2v) is 6.48. The third-order valence-corrected chi connectivity index (χ3v) is 3.05. The van der Waals surface area contributed by atoms with E-state index in [0.717, 1.165) is 11.4 Å². The molecule has 1 heterocycles. The molecule has 2 N–H and O–H groups in total. The van der Waals surface area contributed by atoms with Crippen molar-refractivity contribution in [1.82, 2.24) is 4.98 Å². The Morgan fingerprint density at radius 3 is 2.43 bits per heavy atom. The lowest BCUT2D eigenvalue weighted by atomic mass is 10.2. The minimum absolute atomic E-state index is 0.499. The molecule has 2 aromatic rings. The fraction of sp³-hybridized carbons (Fsp3) is 0.294. The fourth-order valence-corrected chi connectivity index (χ4v) is 1.91. The molecule has 0 spiro atoms. The van der Waals surface area contributed by atoms with Gasteiger partial charge in [0.1, 0.15) is 11.4 Å². The number of amides is 1. The molecule has 0 saturated heterocycles. The summed E-state index contributed by atoms with van der Waals surface area (Å²) < 4.78 is 5.18. The van der Waals surface area contributed by atoms with E-state index in [1.54, 1.807) is 18.3 Å². The molecule has 0 aliphatic rings. The molecule has 1 aromatic heterocycles. The van der Waals surface area contributed by atoms with Crippen LogP contribution in [0.1, 0.15) is 26.3 Å². The Bertz CT molecular complexity index is 649. The quantitative estimate of drug-likeness (QED) is 0.851. The smallest absolute Gasteiger partial charge is 0.412 e. The number of ether oxygens (including phenoxy) is 1. The van der Waals surface area contributed by atoms with Gasteiger partial charge in [0.2, 0.25) is 0 Å². The van der Waals surface area contributed by atoms with Crippen molar-refractivity contribution in [2.75, 3.05) is 10.6 Å². The maximum atomic E-state index is 11.7. The Hall–Kier alpha value is -2.27. The van der Waals surface area contributed by atoms with E-state index in [-0.39, 0.29) is 0 Å². The van der Waals surface area contributed by atoms with Crippen molar-refractivity contribution in [3.05, 3.63) is 53.2 Å². The largest absolute Gasteiger partial charge is 0.444 e. The number of rotatable bonds is 4. The summed E-state index contributed by atoms with van der Waals surface area (Å²) in [5.74, 6) is 0.717. The van der Waals surface area contributed by atoms with Crippen LogP contribution >= 0.6 is 11.6 Å². The van der Waals surface area contributed by atoms with Crippen LogP contribution in [0.2, 0.25) is 5.02 Å². The van der Waals surface area contributed by atoms with Gasteiger partial charge in [-0.05, 0) is 50.6 Å². The molecule has 2 rings (SSSR count). The van der Waals surface area contributed by atoms with Gasteiger partial charge in [-0.25, -0.2) is 9.78 Å². The van der Waals surface area contributed by atoms with Crippen LogP contribution in [0.25, 0.3) is 0 Å². The second kappa shape index (κ2) is 7.33. The number of carbonyl (C=O) groups excluding carboxylic acids is 1. The number of benzene rings is 1. The molecule has 0 saturated carbocycles. The summed E-state index contributed by atoms with van der Waals surface area (Å²) in [5, 5.41) is 6.55. The minimum atomic E-state index is -0.530. The summed E-state index contributed by atoms with van der Waals surface area (Å²) in [4.78, 5) is 15.9. The molecule has 0 fully saturated rings. The molecule has 5 nitrogen and oxygen atoms in total. The first kappa shape index (κ1) is 17.1. The molecular formula is C17H20ClN3O2. The van der Waals surface area contributed by atoms with Crippen molar-refractivity contribution in [2.45, 2.75) is 32.9 Å². The van der Waals surface area contributed by atoms with Gasteiger partial charge < -0.3 is 10.1 Å². The average Bonchev–Trinajstić information content (AvgIpc) is 2.46. The van der Waals surface area contributed by atoms with Gasteiger partial charge in [-0.2, -0.15) is 0 Å². The van der Waals surface area contributed by atoms with Crippen molar-refractivity contribution in [3.63, 3.8) is 0 Å². The number of halogens is 1. The first-order chi connectivity index (χ1) is 10.8. The van der Waals surface area contributed by atoms with Gasteiger partial charge in [0.05, 0.1) is 11.9 Å². The van der Waals surface area contributed by atoms with Crippen LogP contribution in [-0.2, 0) is 11.3 Å². The molecule has 0 aliphatic heterocycles. The normalized spacial score (nSPS) is 11.0. The molecule has 122 valence electrons. The Balaban J connectivity index is 1.87. The van der Waals surface area contributed by atoms with Crippen LogP contribution in [0.15, 0.2) is 42.6 Å². The highest BCUT2D eigenvalue weighted by atomic mass is 35.5. The summed E-state index contributed by atoms with van der Waals surface area (Å²) in [6.45, 7) is 6.08.